The molecule has 54 heavy (non-hydrogen) atoms. The van der Waals surface area contributed by atoms with E-state index in [0.29, 0.717) is 45.1 Å². The third kappa shape index (κ3) is 8.94. The van der Waals surface area contributed by atoms with Gasteiger partial charge < -0.3 is 26.2 Å². The molecule has 5 atom stereocenters. The summed E-state index contributed by atoms with van der Waals surface area (Å²) in [4.78, 5) is 71.3. The van der Waals surface area contributed by atoms with Crippen LogP contribution in [0.15, 0.2) is 0 Å². The molecular formula is C41H65N5O7S. The summed E-state index contributed by atoms with van der Waals surface area (Å²) in [5.74, 6) is 0.109. The standard InChI is InChI=1S/C41H65N5O7S/c1-8-10-23-42-35(49)32(47)29(24-27-17-18-27)43-34(48)31-30-28(39(30,5)6)25-46(31)36(50)33(40(7)19-13-11-14-20-40)44-37(51)45-41(21-15-12-16-22-41)26-54(52,53)38(3,4)9-2/h1,27-31,33H,9-26H2,2-7H3,(H,42,49)(H,43,48)(H2,44,45,51)/t28?,29?,30-,31-,33+/m0/s1. The van der Waals surface area contributed by atoms with E-state index in [9.17, 15) is 32.4 Å². The van der Waals surface area contributed by atoms with E-state index in [2.05, 4.69) is 41.0 Å². The van der Waals surface area contributed by atoms with Crippen molar-refractivity contribution >= 4 is 39.4 Å². The minimum absolute atomic E-state index is 0.0631. The van der Waals surface area contributed by atoms with Crippen molar-refractivity contribution < 1.29 is 32.4 Å². The van der Waals surface area contributed by atoms with Crippen LogP contribution < -0.4 is 21.3 Å². The maximum Gasteiger partial charge on any atom is 0.315 e. The van der Waals surface area contributed by atoms with Crippen molar-refractivity contribution in [1.29, 1.82) is 0 Å². The molecule has 0 spiro atoms. The lowest BCUT2D eigenvalue weighted by Crippen LogP contribution is -2.65. The van der Waals surface area contributed by atoms with Gasteiger partial charge in [-0.1, -0.05) is 79.1 Å². The number of nitrogens with zero attached hydrogens (tertiary/aromatic N) is 1. The Balaban J connectivity index is 1.39. The summed E-state index contributed by atoms with van der Waals surface area (Å²) in [6, 6.07) is -3.42. The van der Waals surface area contributed by atoms with Crippen molar-refractivity contribution in [3.05, 3.63) is 0 Å². The SMILES string of the molecule is C#CCCNC(=O)C(=O)C(CC1CC1)NC(=O)[C@@H]1[C@@H]2C(CN1C(=O)[C@@H](NC(=O)NC1(CS(=O)(=O)C(C)(C)CC)CCCCC1)C1(C)CCCCC1)C2(C)C. The molecule has 302 valence electrons. The van der Waals surface area contributed by atoms with E-state index in [-0.39, 0.29) is 47.8 Å². The monoisotopic (exact) mass is 771 g/mol. The van der Waals surface area contributed by atoms with Gasteiger partial charge in [-0.15, -0.1) is 12.3 Å². The smallest absolute Gasteiger partial charge is 0.315 e. The van der Waals surface area contributed by atoms with Crippen LogP contribution in [0.25, 0.3) is 0 Å². The van der Waals surface area contributed by atoms with Crippen molar-refractivity contribution in [2.75, 3.05) is 18.8 Å². The fraction of sp³-hybridized carbons (Fsp3) is 0.829. The second kappa shape index (κ2) is 16.1. The summed E-state index contributed by atoms with van der Waals surface area (Å²) in [6.07, 6.45) is 16.1. The molecule has 0 radical (unpaired) electrons. The van der Waals surface area contributed by atoms with Crippen LogP contribution in [-0.2, 0) is 29.0 Å². The highest BCUT2D eigenvalue weighted by Gasteiger charge is 2.70. The average molecular weight is 772 g/mol. The molecule has 5 rings (SSSR count). The Hall–Kier alpha value is -3.14. The van der Waals surface area contributed by atoms with Crippen LogP contribution >= 0.6 is 0 Å². The Kier molecular flexibility index (Phi) is 12.6. The zero-order valence-corrected chi connectivity index (χ0v) is 34.3. The summed E-state index contributed by atoms with van der Waals surface area (Å²) in [6.45, 7) is 12.0. The lowest BCUT2D eigenvalue weighted by Gasteiger charge is -2.44. The number of carbonyl (C=O) groups excluding carboxylic acids is 5. The van der Waals surface area contributed by atoms with Gasteiger partial charge in [-0.25, -0.2) is 13.2 Å². The molecule has 13 heteroatoms. The minimum Gasteiger partial charge on any atom is -0.348 e. The van der Waals surface area contributed by atoms with Gasteiger partial charge >= 0.3 is 6.03 Å². The molecule has 0 bridgehead atoms. The fourth-order valence-electron chi connectivity index (χ4n) is 9.55. The van der Waals surface area contributed by atoms with Crippen LogP contribution in [0.5, 0.6) is 0 Å². The van der Waals surface area contributed by atoms with Gasteiger partial charge in [-0.3, -0.25) is 19.2 Å². The van der Waals surface area contributed by atoms with Gasteiger partial charge in [-0.2, -0.15) is 0 Å². The number of terminal acetylenes is 1. The number of hydrogen-bond acceptors (Lipinski definition) is 7. The molecule has 0 aromatic heterocycles. The molecule has 4 N–H and O–H groups in total. The first kappa shape index (κ1) is 42.0. The second-order valence-electron chi connectivity index (χ2n) is 18.7. The minimum atomic E-state index is -3.58. The van der Waals surface area contributed by atoms with Crippen LogP contribution in [0.4, 0.5) is 4.79 Å². The number of amides is 5. The van der Waals surface area contributed by atoms with E-state index in [4.69, 9.17) is 6.42 Å². The molecule has 4 aliphatic carbocycles. The first-order valence-electron chi connectivity index (χ1n) is 20.5. The lowest BCUT2D eigenvalue weighted by molar-refractivity contribution is -0.146. The number of sulfone groups is 1. The van der Waals surface area contributed by atoms with Crippen molar-refractivity contribution in [1.82, 2.24) is 26.2 Å². The first-order chi connectivity index (χ1) is 25.3. The van der Waals surface area contributed by atoms with Crippen molar-refractivity contribution in [2.24, 2.45) is 28.6 Å². The summed E-state index contributed by atoms with van der Waals surface area (Å²) >= 11 is 0. The Labute approximate surface area is 323 Å². The Morgan fingerprint density at radius 3 is 2.11 bits per heavy atom. The summed E-state index contributed by atoms with van der Waals surface area (Å²) < 4.78 is 26.4. The van der Waals surface area contributed by atoms with E-state index in [1.165, 1.54) is 0 Å². The highest BCUT2D eigenvalue weighted by Crippen LogP contribution is 2.65. The van der Waals surface area contributed by atoms with E-state index in [0.717, 1.165) is 51.4 Å². The largest absolute Gasteiger partial charge is 0.348 e. The van der Waals surface area contributed by atoms with Crippen LogP contribution in [-0.4, -0.2) is 90.1 Å². The number of fused-ring (bicyclic) bond motifs is 1. The Morgan fingerprint density at radius 2 is 1.54 bits per heavy atom. The quantitative estimate of drug-likeness (QED) is 0.102. The zero-order valence-electron chi connectivity index (χ0n) is 33.5. The molecule has 1 heterocycles. The van der Waals surface area contributed by atoms with E-state index in [1.807, 2.05) is 13.8 Å². The molecule has 5 amide bonds. The topological polar surface area (TPSA) is 171 Å². The molecule has 4 saturated carbocycles. The molecule has 1 saturated heterocycles. The predicted molar refractivity (Wildman–Crippen MR) is 208 cm³/mol. The van der Waals surface area contributed by atoms with E-state index >= 15 is 0 Å². The number of nitrogens with one attached hydrogen (secondary N) is 4. The number of Topliss-reactive ketones (excluding diaryl/α,β-unsaturated/α-hetero) is 1. The molecule has 0 aromatic carbocycles. The number of rotatable bonds is 16. The number of urea groups is 1. The van der Waals surface area contributed by atoms with Gasteiger partial charge in [0.15, 0.2) is 9.84 Å². The fourth-order valence-corrected chi connectivity index (χ4v) is 11.5. The maximum atomic E-state index is 15.0. The lowest BCUT2D eigenvalue weighted by atomic mass is 9.70. The highest BCUT2D eigenvalue weighted by atomic mass is 32.2. The molecular weight excluding hydrogens is 707 g/mol. The molecule has 2 unspecified atom stereocenters. The predicted octanol–water partition coefficient (Wildman–Crippen LogP) is 4.41. The summed E-state index contributed by atoms with van der Waals surface area (Å²) in [5, 5.41) is 11.6. The van der Waals surface area contributed by atoms with Crippen LogP contribution in [0.2, 0.25) is 0 Å². The molecule has 5 aliphatic rings. The van der Waals surface area contributed by atoms with E-state index in [1.54, 1.807) is 18.7 Å². The number of hydrogen-bond donors (Lipinski definition) is 4. The summed E-state index contributed by atoms with van der Waals surface area (Å²) in [5.41, 5.74) is -1.75. The van der Waals surface area contributed by atoms with Crippen LogP contribution in [0.1, 0.15) is 138 Å². The van der Waals surface area contributed by atoms with Crippen LogP contribution in [0, 0.1) is 40.9 Å². The Morgan fingerprint density at radius 1 is 0.926 bits per heavy atom. The van der Waals surface area contributed by atoms with Gasteiger partial charge in [0.05, 0.1) is 22.1 Å². The average Bonchev–Trinajstić information content (AvgIpc) is 3.97. The number of piperidine rings is 1. The highest BCUT2D eigenvalue weighted by molar-refractivity contribution is 7.92. The maximum absolute atomic E-state index is 15.0. The second-order valence-corrected chi connectivity index (χ2v) is 21.3. The first-order valence-corrected chi connectivity index (χ1v) is 22.1. The van der Waals surface area contributed by atoms with Crippen molar-refractivity contribution in [3.63, 3.8) is 0 Å². The Bertz CT molecular complexity index is 1600. The molecule has 5 fully saturated rings. The summed E-state index contributed by atoms with van der Waals surface area (Å²) in [7, 11) is -3.58. The normalized spacial score (nSPS) is 26.6. The van der Waals surface area contributed by atoms with Gasteiger partial charge in [0.1, 0.15) is 12.1 Å². The van der Waals surface area contributed by atoms with Gasteiger partial charge in [0.25, 0.3) is 5.91 Å². The van der Waals surface area contributed by atoms with Crippen molar-refractivity contribution in [3.8, 4) is 12.3 Å². The third-order valence-corrected chi connectivity index (χ3v) is 16.9. The van der Waals surface area contributed by atoms with Gasteiger partial charge in [-0.05, 0) is 81.0 Å². The zero-order chi connectivity index (χ0) is 39.7. The number of carbonyl (C=O) groups is 5. The van der Waals surface area contributed by atoms with Crippen molar-refractivity contribution in [2.45, 2.75) is 166 Å². The van der Waals surface area contributed by atoms with Gasteiger partial charge in [0, 0.05) is 19.5 Å². The van der Waals surface area contributed by atoms with Crippen LogP contribution in [0.3, 0.4) is 0 Å². The number of ketones is 1. The van der Waals surface area contributed by atoms with E-state index < -0.39 is 67.3 Å². The van der Waals surface area contributed by atoms with Gasteiger partial charge in [0.2, 0.25) is 17.6 Å². The molecule has 1 aliphatic heterocycles. The number of likely N-dealkylation sites (tertiary alicyclic amines) is 1. The molecule has 12 nitrogen and oxygen atoms in total. The third-order valence-electron chi connectivity index (χ3n) is 14.0. The molecule has 0 aromatic rings.